The second-order valence-corrected chi connectivity index (χ2v) is 5.29. The molecule has 0 unspecified atom stereocenters. The summed E-state index contributed by atoms with van der Waals surface area (Å²) in [5.41, 5.74) is 7.25. The maximum absolute atomic E-state index is 13.7. The summed E-state index contributed by atoms with van der Waals surface area (Å²) in [6.45, 7) is 6.13. The SMILES string of the molecule is C=C(C)CN=C(N)N[C@@H]1C[C@H]1c1c(F)cccc1Cl. The van der Waals surface area contributed by atoms with Crippen molar-refractivity contribution in [3.8, 4) is 0 Å². The van der Waals surface area contributed by atoms with Gasteiger partial charge in [-0.1, -0.05) is 29.8 Å². The van der Waals surface area contributed by atoms with Crippen molar-refractivity contribution in [2.24, 2.45) is 10.7 Å². The van der Waals surface area contributed by atoms with Gasteiger partial charge in [0.1, 0.15) is 5.82 Å². The zero-order valence-electron chi connectivity index (χ0n) is 10.8. The third-order valence-electron chi connectivity index (χ3n) is 3.01. The van der Waals surface area contributed by atoms with Crippen molar-refractivity contribution in [1.29, 1.82) is 0 Å². The number of nitrogens with one attached hydrogen (secondary N) is 1. The Balaban J connectivity index is 1.98. The van der Waals surface area contributed by atoms with Crippen LogP contribution in [0.5, 0.6) is 0 Å². The number of benzene rings is 1. The summed E-state index contributed by atoms with van der Waals surface area (Å²) in [5, 5.41) is 3.54. The fourth-order valence-electron chi connectivity index (χ4n) is 1.99. The largest absolute Gasteiger partial charge is 0.370 e. The topological polar surface area (TPSA) is 50.4 Å². The zero-order valence-corrected chi connectivity index (χ0v) is 11.5. The number of hydrogen-bond acceptors (Lipinski definition) is 1. The molecule has 2 rings (SSSR count). The van der Waals surface area contributed by atoms with Crippen molar-refractivity contribution in [3.05, 3.63) is 46.8 Å². The molecular formula is C14H17ClFN3. The molecule has 0 radical (unpaired) electrons. The number of aliphatic imine (C=N–C) groups is 1. The highest BCUT2D eigenvalue weighted by molar-refractivity contribution is 6.31. The molecule has 0 aliphatic heterocycles. The quantitative estimate of drug-likeness (QED) is 0.506. The van der Waals surface area contributed by atoms with E-state index in [2.05, 4.69) is 16.9 Å². The molecule has 102 valence electrons. The number of nitrogens with zero attached hydrogens (tertiary/aromatic N) is 1. The van der Waals surface area contributed by atoms with Crippen LogP contribution in [0.2, 0.25) is 5.02 Å². The van der Waals surface area contributed by atoms with Gasteiger partial charge >= 0.3 is 0 Å². The first-order valence-corrected chi connectivity index (χ1v) is 6.51. The average molecular weight is 282 g/mol. The van der Waals surface area contributed by atoms with Crippen LogP contribution in [0.15, 0.2) is 35.3 Å². The summed E-state index contributed by atoms with van der Waals surface area (Å²) in [4.78, 5) is 4.13. The molecular weight excluding hydrogens is 265 g/mol. The van der Waals surface area contributed by atoms with Crippen LogP contribution in [-0.4, -0.2) is 18.5 Å². The lowest BCUT2D eigenvalue weighted by atomic mass is 10.1. The van der Waals surface area contributed by atoms with Crippen molar-refractivity contribution in [2.75, 3.05) is 6.54 Å². The molecule has 2 atom stereocenters. The van der Waals surface area contributed by atoms with Crippen LogP contribution in [0.4, 0.5) is 4.39 Å². The Bertz CT molecular complexity index is 507. The van der Waals surface area contributed by atoms with Crippen molar-refractivity contribution in [1.82, 2.24) is 5.32 Å². The summed E-state index contributed by atoms with van der Waals surface area (Å²) in [6.07, 6.45) is 0.809. The molecule has 19 heavy (non-hydrogen) atoms. The monoisotopic (exact) mass is 281 g/mol. The van der Waals surface area contributed by atoms with E-state index in [1.54, 1.807) is 12.1 Å². The standard InChI is InChI=1S/C14H17ClFN3/c1-8(2)7-18-14(17)19-12-6-9(12)13-10(15)4-3-5-11(13)16/h3-5,9,12H,1,6-7H2,2H3,(H3,17,18,19)/t9-,12-/m1/s1. The molecule has 0 bridgehead atoms. The van der Waals surface area contributed by atoms with Crippen molar-refractivity contribution in [2.45, 2.75) is 25.3 Å². The van der Waals surface area contributed by atoms with Crippen LogP contribution in [0.25, 0.3) is 0 Å². The lowest BCUT2D eigenvalue weighted by molar-refractivity contribution is 0.608. The number of halogens is 2. The summed E-state index contributed by atoms with van der Waals surface area (Å²) in [6, 6.07) is 4.83. The first kappa shape index (κ1) is 13.9. The minimum Gasteiger partial charge on any atom is -0.370 e. The van der Waals surface area contributed by atoms with Crippen LogP contribution >= 0.6 is 11.6 Å². The first-order valence-electron chi connectivity index (χ1n) is 6.13. The summed E-state index contributed by atoms with van der Waals surface area (Å²) in [7, 11) is 0. The Hall–Kier alpha value is -1.55. The number of hydrogen-bond donors (Lipinski definition) is 2. The van der Waals surface area contributed by atoms with Gasteiger partial charge in [0.15, 0.2) is 5.96 Å². The highest BCUT2D eigenvalue weighted by Crippen LogP contribution is 2.44. The lowest BCUT2D eigenvalue weighted by Gasteiger charge is -2.07. The number of guanidine groups is 1. The van der Waals surface area contributed by atoms with E-state index in [0.717, 1.165) is 12.0 Å². The molecule has 1 fully saturated rings. The molecule has 5 heteroatoms. The summed E-state index contributed by atoms with van der Waals surface area (Å²) in [5.74, 6) is 0.162. The van der Waals surface area contributed by atoms with Gasteiger partial charge in [0, 0.05) is 22.5 Å². The smallest absolute Gasteiger partial charge is 0.189 e. The van der Waals surface area contributed by atoms with Gasteiger partial charge in [0.05, 0.1) is 6.54 Å². The van der Waals surface area contributed by atoms with Gasteiger partial charge in [0.2, 0.25) is 0 Å². The van der Waals surface area contributed by atoms with Crippen LogP contribution < -0.4 is 11.1 Å². The Morgan fingerprint density at radius 1 is 1.63 bits per heavy atom. The molecule has 3 nitrogen and oxygen atoms in total. The molecule has 1 saturated carbocycles. The van der Waals surface area contributed by atoms with E-state index in [4.69, 9.17) is 17.3 Å². The number of nitrogens with two attached hydrogens (primary N) is 1. The summed E-state index contributed by atoms with van der Waals surface area (Å²) < 4.78 is 13.7. The highest BCUT2D eigenvalue weighted by atomic mass is 35.5. The van der Waals surface area contributed by atoms with Gasteiger partial charge < -0.3 is 11.1 Å². The molecule has 3 N–H and O–H groups in total. The molecule has 0 spiro atoms. The molecule has 0 heterocycles. The molecule has 0 amide bonds. The fraction of sp³-hybridized carbons (Fsp3) is 0.357. The van der Waals surface area contributed by atoms with Crippen molar-refractivity contribution >= 4 is 17.6 Å². The van der Waals surface area contributed by atoms with Crippen LogP contribution in [0.1, 0.15) is 24.8 Å². The lowest BCUT2D eigenvalue weighted by Crippen LogP contribution is -2.34. The van der Waals surface area contributed by atoms with E-state index in [1.165, 1.54) is 6.07 Å². The molecule has 0 aromatic heterocycles. The van der Waals surface area contributed by atoms with E-state index in [-0.39, 0.29) is 17.8 Å². The molecule has 1 aromatic rings. The maximum Gasteiger partial charge on any atom is 0.189 e. The van der Waals surface area contributed by atoms with E-state index in [9.17, 15) is 4.39 Å². The van der Waals surface area contributed by atoms with Crippen LogP contribution in [0.3, 0.4) is 0 Å². The van der Waals surface area contributed by atoms with Gasteiger partial charge in [-0.3, -0.25) is 0 Å². The Kier molecular flexibility index (Phi) is 4.10. The van der Waals surface area contributed by atoms with E-state index >= 15 is 0 Å². The van der Waals surface area contributed by atoms with Crippen molar-refractivity contribution < 1.29 is 4.39 Å². The second-order valence-electron chi connectivity index (χ2n) is 4.89. The van der Waals surface area contributed by atoms with Gasteiger partial charge in [-0.2, -0.15) is 0 Å². The van der Waals surface area contributed by atoms with E-state index < -0.39 is 0 Å². The normalized spacial score (nSPS) is 22.2. The van der Waals surface area contributed by atoms with Gasteiger partial charge in [-0.25, -0.2) is 9.38 Å². The van der Waals surface area contributed by atoms with Gasteiger partial charge in [0.25, 0.3) is 0 Å². The van der Waals surface area contributed by atoms with E-state index in [1.807, 2.05) is 6.92 Å². The Morgan fingerprint density at radius 3 is 3.00 bits per heavy atom. The van der Waals surface area contributed by atoms with E-state index in [0.29, 0.717) is 23.1 Å². The molecule has 1 aromatic carbocycles. The van der Waals surface area contributed by atoms with Gasteiger partial charge in [-0.05, 0) is 25.5 Å². The van der Waals surface area contributed by atoms with Crippen LogP contribution in [-0.2, 0) is 0 Å². The average Bonchev–Trinajstić information content (AvgIpc) is 3.05. The summed E-state index contributed by atoms with van der Waals surface area (Å²) >= 11 is 6.03. The first-order chi connectivity index (χ1) is 8.99. The molecule has 1 aliphatic carbocycles. The number of rotatable bonds is 4. The molecule has 0 saturated heterocycles. The Morgan fingerprint density at radius 2 is 2.37 bits per heavy atom. The van der Waals surface area contributed by atoms with Crippen LogP contribution in [0, 0.1) is 5.82 Å². The Labute approximate surface area is 117 Å². The third kappa shape index (κ3) is 3.47. The minimum atomic E-state index is -0.265. The zero-order chi connectivity index (χ0) is 14.0. The predicted octanol–water partition coefficient (Wildman–Crippen LogP) is 2.82. The minimum absolute atomic E-state index is 0.0623. The third-order valence-corrected chi connectivity index (χ3v) is 3.34. The second kappa shape index (κ2) is 5.61. The predicted molar refractivity (Wildman–Crippen MR) is 77.0 cm³/mol. The van der Waals surface area contributed by atoms with Gasteiger partial charge in [-0.15, -0.1) is 0 Å². The van der Waals surface area contributed by atoms with Crippen molar-refractivity contribution in [3.63, 3.8) is 0 Å². The fourth-order valence-corrected chi connectivity index (χ4v) is 2.30. The maximum atomic E-state index is 13.7. The molecule has 1 aliphatic rings. The highest BCUT2D eigenvalue weighted by Gasteiger charge is 2.41.